The second-order valence-electron chi connectivity index (χ2n) is 25.9. The third-order valence-corrected chi connectivity index (χ3v) is 17.6. The molecule has 2 heterocycles. The molecule has 29 nitrogen and oxygen atoms in total. The molecule has 7 N–H and O–H groups in total. The molecule has 542 valence electrons. The van der Waals surface area contributed by atoms with Gasteiger partial charge in [-0.1, -0.05) is 105 Å². The molecule has 0 aromatic heterocycles. The predicted octanol–water partition coefficient (Wildman–Crippen LogP) is 4.08. The molecule has 2 aromatic carbocycles. The molecule has 2 aliphatic heterocycles. The molecule has 0 saturated carbocycles. The van der Waals surface area contributed by atoms with Crippen LogP contribution in [0.2, 0.25) is 0 Å². The van der Waals surface area contributed by atoms with Crippen LogP contribution >= 0.6 is 0 Å². The van der Waals surface area contributed by atoms with Crippen LogP contribution in [0.25, 0.3) is 0 Å². The normalized spacial score (nSPS) is 21.1. The summed E-state index contributed by atoms with van der Waals surface area (Å²) in [5.41, 5.74) is 6.73. The highest BCUT2D eigenvalue weighted by Crippen LogP contribution is 2.36. The molecule has 2 saturated heterocycles. The number of hydrogen-bond donors (Lipinski definition) is 6. The molecule has 0 spiro atoms. The summed E-state index contributed by atoms with van der Waals surface area (Å²) < 4.78 is 51.5. The van der Waals surface area contributed by atoms with Crippen LogP contribution in [0, 0.1) is 29.6 Å². The van der Waals surface area contributed by atoms with Crippen LogP contribution in [0.15, 0.2) is 48.5 Å². The Hall–Kier alpha value is -7.99. The molecule has 97 heavy (non-hydrogen) atoms. The van der Waals surface area contributed by atoms with Crippen molar-refractivity contribution < 1.29 is 100 Å². The van der Waals surface area contributed by atoms with E-state index in [2.05, 4.69) is 21.3 Å². The van der Waals surface area contributed by atoms with Crippen molar-refractivity contribution in [3.05, 3.63) is 59.7 Å². The van der Waals surface area contributed by atoms with Gasteiger partial charge in [0.2, 0.25) is 47.8 Å². The van der Waals surface area contributed by atoms with Gasteiger partial charge in [0.25, 0.3) is 0 Å². The van der Waals surface area contributed by atoms with Crippen LogP contribution in [0.4, 0.5) is 10.5 Å². The van der Waals surface area contributed by atoms with Gasteiger partial charge in [0.05, 0.1) is 67.6 Å². The van der Waals surface area contributed by atoms with Crippen molar-refractivity contribution in [2.75, 3.05) is 47.3 Å². The van der Waals surface area contributed by atoms with E-state index >= 15 is 0 Å². The summed E-state index contributed by atoms with van der Waals surface area (Å²) >= 11 is 0. The molecule has 0 radical (unpaired) electrons. The van der Waals surface area contributed by atoms with E-state index < -0.39 is 169 Å². The first kappa shape index (κ1) is 81.4. The molecule has 2 aliphatic rings. The Labute approximate surface area is 568 Å². The van der Waals surface area contributed by atoms with E-state index in [1.807, 2.05) is 19.9 Å². The Bertz CT molecular complexity index is 3030. The van der Waals surface area contributed by atoms with E-state index in [4.69, 9.17) is 48.4 Å². The number of benzene rings is 2. The number of rotatable bonds is 33. The first-order chi connectivity index (χ1) is 45.5. The van der Waals surface area contributed by atoms with Crippen molar-refractivity contribution in [1.82, 2.24) is 30.7 Å². The number of ether oxygens (including phenoxy) is 9. The minimum atomic E-state index is -1.91. The molecule has 4 rings (SSSR count). The number of aliphatic hydroxyl groups excluding tert-OH is 1. The first-order valence-electron chi connectivity index (χ1n) is 32.8. The number of nitrogens with zero attached hydrogens (tertiary/aromatic N) is 3. The van der Waals surface area contributed by atoms with E-state index in [0.29, 0.717) is 31.4 Å². The Morgan fingerprint density at radius 3 is 1.87 bits per heavy atom. The number of carbonyl (C=O) groups is 11. The van der Waals surface area contributed by atoms with Gasteiger partial charge in [0, 0.05) is 55.6 Å². The SMILES string of the molecule is CC[C@H](C)[C@@H]([C@@H](CC(=O)N1CCC[C@H]1[C@H](OC)[C@@H](C)C(=O)N[C@H](C)[C@@H](O)c1ccccc1)OC)N(C)C(=O)[C@@H](NC(=O)[C@H](C(C)C)N(C)C(=O)OCc1ccc(NC(=O)[C@H](C)NC(=O)[C@@H](N)C(C)C)c(O[C@@H]2O[C@H](C(=O)OC)[C@@H](OC(C)=O)[C@H](OC(C)=O)[C@H]2OC(C)=O)c1)C(C)C. The Balaban J connectivity index is 1.60. The minimum absolute atomic E-state index is 0.121. The zero-order valence-electron chi connectivity index (χ0n) is 59.4. The second kappa shape index (κ2) is 37.7. The fraction of sp³-hybridized carbons (Fsp3) is 0.662. The predicted molar refractivity (Wildman–Crippen MR) is 352 cm³/mol. The van der Waals surface area contributed by atoms with E-state index in [0.717, 1.165) is 32.8 Å². The Morgan fingerprint density at radius 1 is 0.711 bits per heavy atom. The lowest BCUT2D eigenvalue weighted by Crippen LogP contribution is -2.64. The highest BCUT2D eigenvalue weighted by Gasteiger charge is 2.56. The smallest absolute Gasteiger partial charge is 0.410 e. The summed E-state index contributed by atoms with van der Waals surface area (Å²) in [6, 6.07) is 6.71. The standard InChI is InChI=1S/C68H104N8O21/c1-20-37(8)54(49(89-17)32-50(80)76-30-24-27-47(76)56(90-18)38(9)61(82)70-39(10)55(81)45-25-22-21-23-26-45)74(15)65(86)52(35(4)5)73-64(85)53(36(6)7)75(16)68(88)92-33-44-28-29-46(72-62(83)40(11)71-63(84)51(69)34(2)3)48(31-44)96-67-60(95-43(14)79)58(94-42(13)78)57(93-41(12)77)59(97-67)66(87)91-19/h21-23,25-26,28-29,31,34-40,47,49,51-60,67,81H,20,24,27,30,32-33,69H2,1-19H3,(H,70,82)(H,71,84)(H,72,83)(H,73,85)/t37-,38+,39+,40-,47-,49+,51-,52-,53-,54-,55+,56+,57-,58-,59-,60+,67+/m0/s1. The zero-order chi connectivity index (χ0) is 73.0. The topological polar surface area (TPSA) is 375 Å². The number of methoxy groups -OCH3 is 3. The summed E-state index contributed by atoms with van der Waals surface area (Å²) in [5, 5.41) is 22.0. The van der Waals surface area contributed by atoms with E-state index in [1.165, 1.54) is 51.3 Å². The average molecular weight is 1370 g/mol. The van der Waals surface area contributed by atoms with Gasteiger partial charge < -0.3 is 84.5 Å². The van der Waals surface area contributed by atoms with Crippen molar-refractivity contribution in [2.24, 2.45) is 35.3 Å². The third-order valence-electron chi connectivity index (χ3n) is 17.6. The number of hydrogen-bond acceptors (Lipinski definition) is 22. The minimum Gasteiger partial charge on any atom is -0.467 e. The Kier molecular flexibility index (Phi) is 31.6. The number of nitrogens with one attached hydrogen (secondary N) is 4. The molecule has 2 aromatic rings. The number of anilines is 1. The number of carbonyl (C=O) groups excluding carboxylic acids is 11. The maximum Gasteiger partial charge on any atom is 0.410 e. The number of esters is 4. The van der Waals surface area contributed by atoms with Crippen LogP contribution in [-0.4, -0.2) is 212 Å². The maximum absolute atomic E-state index is 15.0. The lowest BCUT2D eigenvalue weighted by Gasteiger charge is -2.43. The van der Waals surface area contributed by atoms with Crippen molar-refractivity contribution >= 4 is 71.1 Å². The number of aliphatic hydroxyl groups is 1. The van der Waals surface area contributed by atoms with E-state index in [9.17, 15) is 57.8 Å². The molecule has 0 aliphatic carbocycles. The fourth-order valence-corrected chi connectivity index (χ4v) is 12.0. The summed E-state index contributed by atoms with van der Waals surface area (Å²) in [5.74, 6) is -9.79. The summed E-state index contributed by atoms with van der Waals surface area (Å²) in [7, 11) is 6.91. The van der Waals surface area contributed by atoms with Crippen molar-refractivity contribution in [3.63, 3.8) is 0 Å². The van der Waals surface area contributed by atoms with Gasteiger partial charge in [-0.15, -0.1) is 0 Å². The highest BCUT2D eigenvalue weighted by atomic mass is 16.7. The lowest BCUT2D eigenvalue weighted by molar-refractivity contribution is -0.282. The van der Waals surface area contributed by atoms with Gasteiger partial charge in [-0.05, 0) is 73.6 Å². The van der Waals surface area contributed by atoms with Crippen molar-refractivity contribution in [3.8, 4) is 5.75 Å². The maximum atomic E-state index is 15.0. The molecular formula is C68H104N8O21. The van der Waals surface area contributed by atoms with Crippen LogP contribution in [0.1, 0.15) is 140 Å². The number of likely N-dealkylation sites (N-methyl/N-ethyl adjacent to an activating group) is 2. The van der Waals surface area contributed by atoms with Crippen LogP contribution < -0.4 is 31.7 Å². The van der Waals surface area contributed by atoms with Gasteiger partial charge in [0.1, 0.15) is 30.5 Å². The van der Waals surface area contributed by atoms with Gasteiger partial charge in [-0.3, -0.25) is 48.1 Å². The summed E-state index contributed by atoms with van der Waals surface area (Å²) in [4.78, 5) is 154. The molecule has 17 atom stereocenters. The zero-order valence-corrected chi connectivity index (χ0v) is 59.4. The number of likely N-dealkylation sites (tertiary alicyclic amines) is 1. The van der Waals surface area contributed by atoms with Gasteiger partial charge >= 0.3 is 30.0 Å². The quantitative estimate of drug-likeness (QED) is 0.0433. The van der Waals surface area contributed by atoms with Gasteiger partial charge in [-0.2, -0.15) is 0 Å². The van der Waals surface area contributed by atoms with E-state index in [1.54, 1.807) is 91.6 Å². The van der Waals surface area contributed by atoms with E-state index in [-0.39, 0.29) is 47.1 Å². The lowest BCUT2D eigenvalue weighted by atomic mass is 9.89. The summed E-state index contributed by atoms with van der Waals surface area (Å²) in [6.07, 6.45) is -10.9. The molecular weight excluding hydrogens is 1260 g/mol. The van der Waals surface area contributed by atoms with Crippen molar-refractivity contribution in [1.29, 1.82) is 0 Å². The molecule has 7 amide bonds. The third kappa shape index (κ3) is 22.0. The average Bonchev–Trinajstić information content (AvgIpc) is 0.871. The Morgan fingerprint density at radius 2 is 1.32 bits per heavy atom. The molecule has 2 fully saturated rings. The molecule has 0 bridgehead atoms. The first-order valence-corrected chi connectivity index (χ1v) is 32.8. The highest BCUT2D eigenvalue weighted by molar-refractivity contribution is 5.98. The number of amides is 7. The molecule has 29 heteroatoms. The second-order valence-corrected chi connectivity index (χ2v) is 25.9. The summed E-state index contributed by atoms with van der Waals surface area (Å²) in [6.45, 7) is 22.0. The van der Waals surface area contributed by atoms with Crippen LogP contribution in [-0.2, 0) is 92.4 Å². The number of nitrogens with two attached hydrogens (primary N) is 1. The van der Waals surface area contributed by atoms with Gasteiger partial charge in [-0.25, -0.2) is 9.59 Å². The monoisotopic (exact) mass is 1370 g/mol. The van der Waals surface area contributed by atoms with Crippen LogP contribution in [0.3, 0.4) is 0 Å². The largest absolute Gasteiger partial charge is 0.467 e. The fourth-order valence-electron chi connectivity index (χ4n) is 12.0. The van der Waals surface area contributed by atoms with Crippen molar-refractivity contribution in [2.45, 2.75) is 221 Å². The van der Waals surface area contributed by atoms with Crippen LogP contribution in [0.5, 0.6) is 5.75 Å². The molecule has 0 unspecified atom stereocenters. The van der Waals surface area contributed by atoms with Gasteiger partial charge in [0.15, 0.2) is 18.3 Å².